The number of aliphatic hydroxyl groups is 1. The van der Waals surface area contributed by atoms with Crippen molar-refractivity contribution in [1.29, 1.82) is 0 Å². The van der Waals surface area contributed by atoms with Gasteiger partial charge in [0.1, 0.15) is 11.2 Å². The topological polar surface area (TPSA) is 106 Å². The van der Waals surface area contributed by atoms with Gasteiger partial charge >= 0.3 is 5.63 Å². The average molecular weight is 433 g/mol. The molecule has 0 saturated heterocycles. The Kier molecular flexibility index (Phi) is 6.12. The zero-order chi connectivity index (χ0) is 22.7. The van der Waals surface area contributed by atoms with Crippen molar-refractivity contribution in [3.8, 4) is 11.1 Å². The van der Waals surface area contributed by atoms with Crippen LogP contribution in [0.3, 0.4) is 0 Å². The Bertz CT molecular complexity index is 1290. The van der Waals surface area contributed by atoms with Crippen molar-refractivity contribution in [2.24, 2.45) is 5.73 Å². The van der Waals surface area contributed by atoms with Crippen LogP contribution in [-0.4, -0.2) is 15.0 Å². The molecule has 7 heteroatoms. The number of benzene rings is 2. The molecule has 0 aliphatic rings. The third-order valence-electron chi connectivity index (χ3n) is 5.96. The molecule has 0 unspecified atom stereocenters. The van der Waals surface area contributed by atoms with Crippen molar-refractivity contribution in [2.75, 3.05) is 5.43 Å². The molecule has 0 saturated carbocycles. The predicted octanol–water partition coefficient (Wildman–Crippen LogP) is 3.87. The Morgan fingerprint density at radius 1 is 1.09 bits per heavy atom. The first-order valence-corrected chi connectivity index (χ1v) is 10.8. The quantitative estimate of drug-likeness (QED) is 0.365. The molecule has 4 N–H and O–H groups in total. The fraction of sp³-hybridized carbons (Fsp3) is 0.280. The summed E-state index contributed by atoms with van der Waals surface area (Å²) in [5, 5.41) is 16.0. The number of hydrogen-bond acceptors (Lipinski definition) is 6. The van der Waals surface area contributed by atoms with E-state index in [1.165, 1.54) is 6.07 Å². The minimum Gasteiger partial charge on any atom is -0.423 e. The van der Waals surface area contributed by atoms with Gasteiger partial charge in [0.2, 0.25) is 0 Å². The number of nitrogens with two attached hydrogens (primary N) is 1. The summed E-state index contributed by atoms with van der Waals surface area (Å²) in [5.74, 6) is 0. The predicted molar refractivity (Wildman–Crippen MR) is 126 cm³/mol. The van der Waals surface area contributed by atoms with Crippen molar-refractivity contribution in [2.45, 2.75) is 45.4 Å². The second-order valence-electron chi connectivity index (χ2n) is 7.93. The monoisotopic (exact) mass is 432 g/mol. The van der Waals surface area contributed by atoms with Gasteiger partial charge in [0.15, 0.2) is 0 Å². The van der Waals surface area contributed by atoms with Gasteiger partial charge in [0.25, 0.3) is 0 Å². The number of aromatic nitrogens is 2. The van der Waals surface area contributed by atoms with Gasteiger partial charge in [-0.2, -0.15) is 9.89 Å². The van der Waals surface area contributed by atoms with Crippen molar-refractivity contribution >= 4 is 11.0 Å². The van der Waals surface area contributed by atoms with Crippen LogP contribution in [0, 0.1) is 0 Å². The maximum absolute atomic E-state index is 12.2. The van der Waals surface area contributed by atoms with Crippen LogP contribution in [0.5, 0.6) is 0 Å². The Balaban J connectivity index is 1.60. The smallest absolute Gasteiger partial charge is 0.336 e. The standard InChI is InChI=1S/C25H28N4O3/c1-3-25(31,4-2)23-10-11-29(28-23)27-16-18-8-9-20-21(14-24(30)32-22(20)13-18)19-7-5-6-17(12-19)15-26/h5-14,27,31H,3-4,15-16,26H2,1-2H3. The van der Waals surface area contributed by atoms with Crippen LogP contribution < -0.4 is 16.8 Å². The molecule has 4 rings (SSSR count). The number of hydrogen-bond donors (Lipinski definition) is 3. The lowest BCUT2D eigenvalue weighted by Gasteiger charge is -2.22. The van der Waals surface area contributed by atoms with E-state index in [0.29, 0.717) is 37.2 Å². The summed E-state index contributed by atoms with van der Waals surface area (Å²) in [7, 11) is 0. The van der Waals surface area contributed by atoms with Crippen molar-refractivity contribution < 1.29 is 9.52 Å². The van der Waals surface area contributed by atoms with Crippen molar-refractivity contribution in [1.82, 2.24) is 9.89 Å². The van der Waals surface area contributed by atoms with Crippen LogP contribution in [0.1, 0.15) is 43.5 Å². The van der Waals surface area contributed by atoms with Gasteiger partial charge in [0, 0.05) is 24.2 Å². The molecule has 0 aliphatic heterocycles. The highest BCUT2D eigenvalue weighted by atomic mass is 16.4. The molecule has 7 nitrogen and oxygen atoms in total. The molecule has 0 fully saturated rings. The third kappa shape index (κ3) is 4.30. The lowest BCUT2D eigenvalue weighted by molar-refractivity contribution is 0.0235. The highest BCUT2D eigenvalue weighted by Gasteiger charge is 2.27. The minimum atomic E-state index is -0.920. The van der Waals surface area contributed by atoms with E-state index in [4.69, 9.17) is 10.2 Å². The Morgan fingerprint density at radius 2 is 1.91 bits per heavy atom. The normalized spacial score (nSPS) is 11.8. The van der Waals surface area contributed by atoms with Gasteiger partial charge in [0.05, 0.1) is 12.2 Å². The zero-order valence-electron chi connectivity index (χ0n) is 18.3. The van der Waals surface area contributed by atoms with E-state index in [1.54, 1.807) is 11.0 Å². The first-order chi connectivity index (χ1) is 15.5. The maximum atomic E-state index is 12.2. The molecule has 32 heavy (non-hydrogen) atoms. The molecule has 2 aromatic heterocycles. The second-order valence-corrected chi connectivity index (χ2v) is 7.93. The van der Waals surface area contributed by atoms with E-state index < -0.39 is 11.2 Å². The van der Waals surface area contributed by atoms with E-state index >= 15 is 0 Å². The van der Waals surface area contributed by atoms with Crippen LogP contribution >= 0.6 is 0 Å². The Labute approximate surface area is 186 Å². The average Bonchev–Trinajstić information content (AvgIpc) is 3.31. The summed E-state index contributed by atoms with van der Waals surface area (Å²) in [5.41, 5.74) is 12.5. The SMILES string of the molecule is CCC(O)(CC)c1ccn(NCc2ccc3c(-c4cccc(CN)c4)cc(=O)oc3c2)n1. The molecule has 0 amide bonds. The van der Waals surface area contributed by atoms with Crippen LogP contribution in [0.4, 0.5) is 0 Å². The molecule has 166 valence electrons. The first kappa shape index (κ1) is 21.8. The lowest BCUT2D eigenvalue weighted by Crippen LogP contribution is -2.25. The largest absolute Gasteiger partial charge is 0.423 e. The van der Waals surface area contributed by atoms with Gasteiger partial charge < -0.3 is 20.7 Å². The molecule has 4 aromatic rings. The fourth-order valence-electron chi connectivity index (χ4n) is 3.87. The molecule has 0 spiro atoms. The number of fused-ring (bicyclic) bond motifs is 1. The molecular formula is C25H28N4O3. The van der Waals surface area contributed by atoms with E-state index in [9.17, 15) is 9.90 Å². The zero-order valence-corrected chi connectivity index (χ0v) is 18.3. The molecule has 0 atom stereocenters. The van der Waals surface area contributed by atoms with Gasteiger partial charge in [-0.25, -0.2) is 4.79 Å². The molecular weight excluding hydrogens is 404 g/mol. The van der Waals surface area contributed by atoms with Crippen LogP contribution in [0.15, 0.2) is 70.0 Å². The summed E-state index contributed by atoms with van der Waals surface area (Å²) in [4.78, 5) is 13.8. The summed E-state index contributed by atoms with van der Waals surface area (Å²) < 4.78 is 5.49. The summed E-state index contributed by atoms with van der Waals surface area (Å²) in [6.45, 7) is 4.80. The van der Waals surface area contributed by atoms with Crippen LogP contribution in [0.25, 0.3) is 22.1 Å². The summed E-state index contributed by atoms with van der Waals surface area (Å²) in [6, 6.07) is 17.0. The summed E-state index contributed by atoms with van der Waals surface area (Å²) in [6.07, 6.45) is 2.98. The number of nitrogens with zero attached hydrogens (tertiary/aromatic N) is 2. The summed E-state index contributed by atoms with van der Waals surface area (Å²) >= 11 is 0. The van der Waals surface area contributed by atoms with Crippen molar-refractivity contribution in [3.05, 3.63) is 88.0 Å². The van der Waals surface area contributed by atoms with E-state index in [-0.39, 0.29) is 0 Å². The number of nitrogens with one attached hydrogen (secondary N) is 1. The highest BCUT2D eigenvalue weighted by molar-refractivity contribution is 5.93. The lowest BCUT2D eigenvalue weighted by atomic mass is 9.94. The van der Waals surface area contributed by atoms with E-state index in [2.05, 4.69) is 10.5 Å². The molecule has 0 bridgehead atoms. The molecule has 0 aliphatic carbocycles. The van der Waals surface area contributed by atoms with Crippen LogP contribution in [-0.2, 0) is 18.7 Å². The van der Waals surface area contributed by atoms with Gasteiger partial charge in [-0.1, -0.05) is 44.2 Å². The molecule has 2 aromatic carbocycles. The van der Waals surface area contributed by atoms with Gasteiger partial charge in [-0.05, 0) is 53.3 Å². The van der Waals surface area contributed by atoms with Crippen LogP contribution in [0.2, 0.25) is 0 Å². The highest BCUT2D eigenvalue weighted by Crippen LogP contribution is 2.29. The Morgan fingerprint density at radius 3 is 2.66 bits per heavy atom. The van der Waals surface area contributed by atoms with Gasteiger partial charge in [-0.15, -0.1) is 0 Å². The minimum absolute atomic E-state index is 0.397. The maximum Gasteiger partial charge on any atom is 0.336 e. The van der Waals surface area contributed by atoms with E-state index in [1.807, 2.05) is 62.4 Å². The van der Waals surface area contributed by atoms with Gasteiger partial charge in [-0.3, -0.25) is 0 Å². The Hall–Kier alpha value is -3.42. The van der Waals surface area contributed by atoms with E-state index in [0.717, 1.165) is 27.6 Å². The second kappa shape index (κ2) is 8.98. The first-order valence-electron chi connectivity index (χ1n) is 10.8. The molecule has 2 heterocycles. The third-order valence-corrected chi connectivity index (χ3v) is 5.96. The fourth-order valence-corrected chi connectivity index (χ4v) is 3.87. The number of rotatable bonds is 8. The molecule has 0 radical (unpaired) electrons. The van der Waals surface area contributed by atoms with Crippen molar-refractivity contribution in [3.63, 3.8) is 0 Å².